The highest BCUT2D eigenvalue weighted by molar-refractivity contribution is 7.07. The van der Waals surface area contributed by atoms with Crippen molar-refractivity contribution in [3.05, 3.63) is 51.7 Å². The van der Waals surface area contributed by atoms with Gasteiger partial charge in [-0.25, -0.2) is 0 Å². The summed E-state index contributed by atoms with van der Waals surface area (Å²) in [5.74, 6) is -1.28. The lowest BCUT2D eigenvalue weighted by molar-refractivity contribution is -0.136. The normalized spacial score (nSPS) is 12.0. The summed E-state index contributed by atoms with van der Waals surface area (Å²) < 4.78 is 0. The van der Waals surface area contributed by atoms with Gasteiger partial charge >= 0.3 is 11.8 Å². The lowest BCUT2D eigenvalue weighted by Crippen LogP contribution is -2.40. The number of hydrogen-bond acceptors (Lipinski definition) is 4. The van der Waals surface area contributed by atoms with Gasteiger partial charge in [-0.05, 0) is 73.6 Å². The lowest BCUT2D eigenvalue weighted by atomic mass is 10.1. The van der Waals surface area contributed by atoms with Crippen molar-refractivity contribution in [2.45, 2.75) is 19.9 Å². The fraction of sp³-hybridized carbons (Fsp3) is 0.333. The number of hydrogen-bond donors (Lipinski definition) is 2. The molecule has 0 aliphatic carbocycles. The zero-order valence-corrected chi connectivity index (χ0v) is 15.2. The van der Waals surface area contributed by atoms with E-state index < -0.39 is 11.8 Å². The third kappa shape index (κ3) is 4.66. The molecule has 6 heteroatoms. The van der Waals surface area contributed by atoms with E-state index in [0.29, 0.717) is 12.2 Å². The molecule has 0 aliphatic heterocycles. The number of anilines is 1. The van der Waals surface area contributed by atoms with Gasteiger partial charge in [0.05, 0.1) is 6.04 Å². The number of likely N-dealkylation sites (N-methyl/N-ethyl adjacent to an activating group) is 1. The molecule has 0 bridgehead atoms. The van der Waals surface area contributed by atoms with E-state index in [1.165, 1.54) is 0 Å². The maximum Gasteiger partial charge on any atom is 0.313 e. The van der Waals surface area contributed by atoms with Crippen molar-refractivity contribution in [3.63, 3.8) is 0 Å². The number of rotatable bonds is 5. The Bertz CT molecular complexity index is 711. The summed E-state index contributed by atoms with van der Waals surface area (Å²) in [6.07, 6.45) is 0. The first-order valence-electron chi connectivity index (χ1n) is 7.73. The molecular formula is C18H23N3O2S. The Morgan fingerprint density at radius 3 is 2.46 bits per heavy atom. The van der Waals surface area contributed by atoms with E-state index in [9.17, 15) is 9.59 Å². The molecule has 2 N–H and O–H groups in total. The van der Waals surface area contributed by atoms with Crippen molar-refractivity contribution in [1.82, 2.24) is 10.2 Å². The summed E-state index contributed by atoms with van der Waals surface area (Å²) >= 11 is 1.61. The average molecular weight is 345 g/mol. The lowest BCUT2D eigenvalue weighted by Gasteiger charge is -2.23. The van der Waals surface area contributed by atoms with Gasteiger partial charge in [-0.3, -0.25) is 9.59 Å². The quantitative estimate of drug-likeness (QED) is 0.819. The predicted octanol–water partition coefficient (Wildman–Crippen LogP) is 2.72. The van der Waals surface area contributed by atoms with E-state index in [1.54, 1.807) is 17.4 Å². The molecule has 0 aliphatic rings. The van der Waals surface area contributed by atoms with Crippen molar-refractivity contribution < 1.29 is 9.59 Å². The van der Waals surface area contributed by atoms with Gasteiger partial charge in [-0.1, -0.05) is 6.07 Å². The van der Waals surface area contributed by atoms with Crippen LogP contribution in [0.4, 0.5) is 5.69 Å². The van der Waals surface area contributed by atoms with Crippen LogP contribution in [0.5, 0.6) is 0 Å². The highest BCUT2D eigenvalue weighted by Crippen LogP contribution is 2.20. The molecule has 1 aromatic heterocycles. The number of carbonyl (C=O) groups excluding carboxylic acids is 2. The summed E-state index contributed by atoms with van der Waals surface area (Å²) in [4.78, 5) is 26.1. The van der Waals surface area contributed by atoms with E-state index in [4.69, 9.17) is 0 Å². The minimum absolute atomic E-state index is 0.0367. The smallest absolute Gasteiger partial charge is 0.313 e. The molecule has 128 valence electrons. The van der Waals surface area contributed by atoms with Crippen LogP contribution in [-0.2, 0) is 9.59 Å². The maximum atomic E-state index is 12.1. The molecule has 1 aromatic carbocycles. The number of aryl methyl sites for hydroxylation is 2. The second kappa shape index (κ2) is 8.08. The molecule has 0 saturated heterocycles. The monoisotopic (exact) mass is 345 g/mol. The summed E-state index contributed by atoms with van der Waals surface area (Å²) in [6, 6.07) is 7.63. The first-order chi connectivity index (χ1) is 11.4. The molecule has 0 spiro atoms. The Hall–Kier alpha value is -2.18. The van der Waals surface area contributed by atoms with E-state index in [2.05, 4.69) is 10.6 Å². The van der Waals surface area contributed by atoms with Crippen LogP contribution in [0.3, 0.4) is 0 Å². The zero-order valence-electron chi connectivity index (χ0n) is 14.4. The van der Waals surface area contributed by atoms with Crippen LogP contribution in [-0.4, -0.2) is 37.4 Å². The van der Waals surface area contributed by atoms with Crippen molar-refractivity contribution in [1.29, 1.82) is 0 Å². The van der Waals surface area contributed by atoms with Crippen LogP contribution in [0.2, 0.25) is 0 Å². The van der Waals surface area contributed by atoms with Crippen LogP contribution in [0.25, 0.3) is 0 Å². The fourth-order valence-corrected chi connectivity index (χ4v) is 3.05. The van der Waals surface area contributed by atoms with Crippen LogP contribution < -0.4 is 10.6 Å². The Labute approximate surface area is 146 Å². The van der Waals surface area contributed by atoms with Gasteiger partial charge in [-0.15, -0.1) is 0 Å². The molecule has 5 nitrogen and oxygen atoms in total. The topological polar surface area (TPSA) is 61.4 Å². The Morgan fingerprint density at radius 1 is 1.12 bits per heavy atom. The molecule has 2 aromatic rings. The molecular weight excluding hydrogens is 322 g/mol. The Balaban J connectivity index is 1.93. The highest BCUT2D eigenvalue weighted by atomic mass is 32.1. The van der Waals surface area contributed by atoms with Crippen molar-refractivity contribution in [2.24, 2.45) is 0 Å². The molecule has 0 saturated carbocycles. The van der Waals surface area contributed by atoms with Crippen molar-refractivity contribution in [3.8, 4) is 0 Å². The third-order valence-corrected chi connectivity index (χ3v) is 4.68. The minimum atomic E-state index is -0.652. The molecule has 24 heavy (non-hydrogen) atoms. The van der Waals surface area contributed by atoms with Gasteiger partial charge < -0.3 is 15.5 Å². The molecule has 1 unspecified atom stereocenters. The van der Waals surface area contributed by atoms with Gasteiger partial charge in [-0.2, -0.15) is 11.3 Å². The van der Waals surface area contributed by atoms with Crippen LogP contribution in [0, 0.1) is 13.8 Å². The van der Waals surface area contributed by atoms with E-state index in [-0.39, 0.29) is 6.04 Å². The number of nitrogens with zero attached hydrogens (tertiary/aromatic N) is 1. The molecule has 2 rings (SSSR count). The summed E-state index contributed by atoms with van der Waals surface area (Å²) in [5, 5.41) is 9.39. The molecule has 0 fully saturated rings. The molecule has 1 heterocycles. The second-order valence-electron chi connectivity index (χ2n) is 6.00. The van der Waals surface area contributed by atoms with E-state index >= 15 is 0 Å². The van der Waals surface area contributed by atoms with Crippen molar-refractivity contribution in [2.75, 3.05) is 26.0 Å². The molecule has 2 amide bonds. The van der Waals surface area contributed by atoms with E-state index in [1.807, 2.05) is 61.8 Å². The Morgan fingerprint density at radius 2 is 1.88 bits per heavy atom. The number of amides is 2. The standard InChI is InChI=1S/C18H23N3O2S/c1-12-5-6-15(9-13(12)2)20-18(23)17(22)19-10-16(21(3)4)14-7-8-24-11-14/h5-9,11,16H,10H2,1-4H3,(H,19,22)(H,20,23). The SMILES string of the molecule is Cc1ccc(NC(=O)C(=O)NCC(c2ccsc2)N(C)C)cc1C. The first kappa shape index (κ1) is 18.2. The van der Waals surface area contributed by atoms with Crippen LogP contribution in [0.1, 0.15) is 22.7 Å². The van der Waals surface area contributed by atoms with Gasteiger partial charge in [0.25, 0.3) is 0 Å². The minimum Gasteiger partial charge on any atom is -0.346 e. The van der Waals surface area contributed by atoms with Gasteiger partial charge in [0.15, 0.2) is 0 Å². The number of nitrogens with one attached hydrogen (secondary N) is 2. The van der Waals surface area contributed by atoms with Crippen molar-refractivity contribution >= 4 is 28.8 Å². The summed E-state index contributed by atoms with van der Waals surface area (Å²) in [5.41, 5.74) is 3.96. The van der Waals surface area contributed by atoms with Gasteiger partial charge in [0.2, 0.25) is 0 Å². The maximum absolute atomic E-state index is 12.1. The number of carbonyl (C=O) groups is 2. The van der Waals surface area contributed by atoms with Gasteiger partial charge in [0, 0.05) is 12.2 Å². The first-order valence-corrected chi connectivity index (χ1v) is 8.67. The average Bonchev–Trinajstić information content (AvgIpc) is 3.04. The number of benzene rings is 1. The second-order valence-corrected chi connectivity index (χ2v) is 6.78. The fourth-order valence-electron chi connectivity index (χ4n) is 2.34. The predicted molar refractivity (Wildman–Crippen MR) is 98.3 cm³/mol. The third-order valence-electron chi connectivity index (χ3n) is 3.98. The largest absolute Gasteiger partial charge is 0.346 e. The van der Waals surface area contributed by atoms with Crippen LogP contribution in [0.15, 0.2) is 35.0 Å². The highest BCUT2D eigenvalue weighted by Gasteiger charge is 2.19. The molecule has 0 radical (unpaired) electrons. The Kier molecular flexibility index (Phi) is 6.11. The van der Waals surface area contributed by atoms with Crippen LogP contribution >= 0.6 is 11.3 Å². The summed E-state index contributed by atoms with van der Waals surface area (Å²) in [7, 11) is 3.90. The number of thiophene rings is 1. The van der Waals surface area contributed by atoms with E-state index in [0.717, 1.165) is 16.7 Å². The summed E-state index contributed by atoms with van der Waals surface area (Å²) in [6.45, 7) is 4.34. The molecule has 1 atom stereocenters. The zero-order chi connectivity index (χ0) is 17.7. The van der Waals surface area contributed by atoms with Gasteiger partial charge in [0.1, 0.15) is 0 Å².